The molecule has 1 unspecified atom stereocenters. The van der Waals surface area contributed by atoms with Gasteiger partial charge in [-0.25, -0.2) is 0 Å². The molecule has 2 atom stereocenters. The summed E-state index contributed by atoms with van der Waals surface area (Å²) in [6.07, 6.45) is -0.0370. The summed E-state index contributed by atoms with van der Waals surface area (Å²) >= 11 is 0. The zero-order chi connectivity index (χ0) is 18.1. The van der Waals surface area contributed by atoms with Gasteiger partial charge in [-0.05, 0) is 32.0 Å². The highest BCUT2D eigenvalue weighted by Gasteiger charge is 2.44. The zero-order valence-electron chi connectivity index (χ0n) is 16.1. The van der Waals surface area contributed by atoms with E-state index in [-0.39, 0.29) is 29.6 Å². The van der Waals surface area contributed by atoms with Crippen molar-refractivity contribution in [1.29, 1.82) is 0 Å². The fourth-order valence-corrected chi connectivity index (χ4v) is 3.35. The van der Waals surface area contributed by atoms with Gasteiger partial charge in [-0.2, -0.15) is 5.06 Å². The summed E-state index contributed by atoms with van der Waals surface area (Å²) in [5, 5.41) is 1.85. The molecular formula is C16H33NO5Si. The molecule has 1 heterocycles. The summed E-state index contributed by atoms with van der Waals surface area (Å²) in [5.74, 6) is -0.925. The summed E-state index contributed by atoms with van der Waals surface area (Å²) in [6.45, 7) is 15.1. The topological polar surface area (TPSA) is 57.2 Å². The summed E-state index contributed by atoms with van der Waals surface area (Å²) in [5.41, 5.74) is 0. The number of methoxy groups -OCH3 is 1. The number of hydrogen-bond acceptors (Lipinski definition) is 6. The van der Waals surface area contributed by atoms with Gasteiger partial charge < -0.3 is 18.7 Å². The number of hydrogen-bond donors (Lipinski definition) is 0. The fraction of sp³-hybridized carbons (Fsp3) is 0.938. The van der Waals surface area contributed by atoms with E-state index in [4.69, 9.17) is 18.7 Å². The first-order chi connectivity index (χ1) is 10.3. The largest absolute Gasteiger partial charge is 0.469 e. The van der Waals surface area contributed by atoms with Gasteiger partial charge in [0.05, 0.1) is 26.2 Å². The zero-order valence-corrected chi connectivity index (χ0v) is 17.1. The van der Waals surface area contributed by atoms with Gasteiger partial charge in [0.1, 0.15) is 6.10 Å². The van der Waals surface area contributed by atoms with E-state index in [1.807, 2.05) is 20.9 Å². The van der Waals surface area contributed by atoms with Crippen molar-refractivity contribution in [2.45, 2.75) is 77.1 Å². The van der Waals surface area contributed by atoms with Crippen LogP contribution in [-0.4, -0.2) is 58.0 Å². The second kappa shape index (κ2) is 7.19. The van der Waals surface area contributed by atoms with Gasteiger partial charge in [0.25, 0.3) is 0 Å². The van der Waals surface area contributed by atoms with Crippen molar-refractivity contribution < 1.29 is 23.5 Å². The molecule has 0 aromatic heterocycles. The van der Waals surface area contributed by atoms with Crippen LogP contribution in [0.25, 0.3) is 0 Å². The van der Waals surface area contributed by atoms with Gasteiger partial charge in [-0.1, -0.05) is 20.8 Å². The van der Waals surface area contributed by atoms with Crippen LogP contribution in [0.3, 0.4) is 0 Å². The molecule has 1 aliphatic heterocycles. The quantitative estimate of drug-likeness (QED) is 0.418. The van der Waals surface area contributed by atoms with Crippen molar-refractivity contribution in [1.82, 2.24) is 5.06 Å². The highest BCUT2D eigenvalue weighted by Crippen LogP contribution is 2.38. The molecule has 0 radical (unpaired) electrons. The maximum absolute atomic E-state index is 11.8. The van der Waals surface area contributed by atoms with E-state index in [2.05, 4.69) is 33.9 Å². The number of rotatable bonds is 6. The molecule has 0 N–H and O–H groups in total. The molecule has 0 aromatic rings. The molecular weight excluding hydrogens is 314 g/mol. The molecule has 1 rings (SSSR count). The van der Waals surface area contributed by atoms with Crippen LogP contribution in [0.1, 0.15) is 41.0 Å². The number of carbonyl (C=O) groups is 1. The van der Waals surface area contributed by atoms with Crippen LogP contribution in [0.15, 0.2) is 0 Å². The smallest absolute Gasteiger partial charge is 0.307 e. The molecule has 0 saturated carbocycles. The third kappa shape index (κ3) is 5.53. The first-order valence-corrected chi connectivity index (χ1v) is 11.0. The van der Waals surface area contributed by atoms with Crippen LogP contribution in [-0.2, 0) is 23.5 Å². The molecule has 23 heavy (non-hydrogen) atoms. The lowest BCUT2D eigenvalue weighted by Gasteiger charge is -2.42. The SMILES string of the molecule is COC(=O)CC([C@H]1COC(C)(C)O1)N(C)O[Si](C)(C)C(C)(C)C. The van der Waals surface area contributed by atoms with E-state index >= 15 is 0 Å². The summed E-state index contributed by atoms with van der Waals surface area (Å²) in [6, 6.07) is -0.252. The molecule has 0 bridgehead atoms. The van der Waals surface area contributed by atoms with Gasteiger partial charge in [0.2, 0.25) is 8.32 Å². The highest BCUT2D eigenvalue weighted by atomic mass is 28.4. The summed E-state index contributed by atoms with van der Waals surface area (Å²) < 4.78 is 22.7. The molecule has 0 aromatic carbocycles. The number of carbonyl (C=O) groups excluding carboxylic acids is 1. The number of esters is 1. The van der Waals surface area contributed by atoms with Gasteiger partial charge >= 0.3 is 5.97 Å². The predicted molar refractivity (Wildman–Crippen MR) is 91.4 cm³/mol. The van der Waals surface area contributed by atoms with E-state index in [0.29, 0.717) is 6.61 Å². The minimum absolute atomic E-state index is 0.0728. The number of ether oxygens (including phenoxy) is 3. The van der Waals surface area contributed by atoms with Gasteiger partial charge in [-0.15, -0.1) is 0 Å². The van der Waals surface area contributed by atoms with Crippen molar-refractivity contribution in [3.63, 3.8) is 0 Å². The average molecular weight is 348 g/mol. The lowest BCUT2D eigenvalue weighted by molar-refractivity contribution is -0.176. The lowest BCUT2D eigenvalue weighted by atomic mass is 10.1. The maximum atomic E-state index is 11.8. The summed E-state index contributed by atoms with van der Waals surface area (Å²) in [4.78, 5) is 11.8. The Bertz CT molecular complexity index is 419. The van der Waals surface area contributed by atoms with Crippen LogP contribution < -0.4 is 0 Å². The molecule has 7 heteroatoms. The fourth-order valence-electron chi connectivity index (χ4n) is 2.22. The standard InChI is InChI=1S/C16H33NO5Si/c1-15(2,3)23(8,9)22-17(6)12(10-14(18)19-7)13-11-20-16(4,5)21-13/h12-13H,10-11H2,1-9H3/t12?,13-/m1/s1. The molecule has 1 aliphatic rings. The highest BCUT2D eigenvalue weighted by molar-refractivity contribution is 6.74. The third-order valence-corrected chi connectivity index (χ3v) is 9.07. The monoisotopic (exact) mass is 347 g/mol. The number of hydroxylamine groups is 2. The maximum Gasteiger partial charge on any atom is 0.307 e. The van der Waals surface area contributed by atoms with Crippen LogP contribution in [0, 0.1) is 0 Å². The Morgan fingerprint density at radius 2 is 1.96 bits per heavy atom. The molecule has 1 saturated heterocycles. The number of nitrogens with zero attached hydrogens (tertiary/aromatic N) is 1. The van der Waals surface area contributed by atoms with E-state index in [1.54, 1.807) is 5.06 Å². The lowest BCUT2D eigenvalue weighted by Crippen LogP contribution is -2.52. The Hall–Kier alpha value is -0.473. The van der Waals surface area contributed by atoms with E-state index in [0.717, 1.165) is 0 Å². The molecule has 0 amide bonds. The van der Waals surface area contributed by atoms with Gasteiger partial charge in [-0.3, -0.25) is 4.79 Å². The van der Waals surface area contributed by atoms with Crippen molar-refractivity contribution in [3.05, 3.63) is 0 Å². The summed E-state index contributed by atoms with van der Waals surface area (Å²) in [7, 11) is 1.26. The van der Waals surface area contributed by atoms with E-state index < -0.39 is 14.1 Å². The predicted octanol–water partition coefficient (Wildman–Crippen LogP) is 2.94. The molecule has 0 aliphatic carbocycles. The van der Waals surface area contributed by atoms with Gasteiger partial charge in [0, 0.05) is 7.05 Å². The minimum atomic E-state index is -2.00. The van der Waals surface area contributed by atoms with Crippen LogP contribution >= 0.6 is 0 Å². The van der Waals surface area contributed by atoms with E-state index in [9.17, 15) is 4.79 Å². The first-order valence-electron chi connectivity index (χ1n) is 8.09. The Morgan fingerprint density at radius 1 is 1.39 bits per heavy atom. The second-order valence-corrected chi connectivity index (χ2v) is 12.8. The minimum Gasteiger partial charge on any atom is -0.469 e. The average Bonchev–Trinajstić information content (AvgIpc) is 2.73. The van der Waals surface area contributed by atoms with Crippen molar-refractivity contribution in [3.8, 4) is 0 Å². The van der Waals surface area contributed by atoms with Crippen LogP contribution in [0.4, 0.5) is 0 Å². The van der Waals surface area contributed by atoms with E-state index in [1.165, 1.54) is 7.11 Å². The second-order valence-electron chi connectivity index (χ2n) is 8.11. The normalized spacial score (nSPS) is 23.1. The Kier molecular flexibility index (Phi) is 6.43. The van der Waals surface area contributed by atoms with Crippen molar-refractivity contribution in [2.24, 2.45) is 0 Å². The Balaban J connectivity index is 2.89. The van der Waals surface area contributed by atoms with Gasteiger partial charge in [0.15, 0.2) is 5.79 Å². The molecule has 1 fully saturated rings. The number of likely N-dealkylation sites (N-methyl/N-ethyl adjacent to an activating group) is 1. The van der Waals surface area contributed by atoms with Crippen molar-refractivity contribution in [2.75, 3.05) is 20.8 Å². The molecule has 136 valence electrons. The Labute approximate surface area is 141 Å². The molecule has 6 nitrogen and oxygen atoms in total. The van der Waals surface area contributed by atoms with Crippen molar-refractivity contribution >= 4 is 14.3 Å². The molecule has 0 spiro atoms. The van der Waals surface area contributed by atoms with Crippen LogP contribution in [0.2, 0.25) is 18.1 Å². The Morgan fingerprint density at radius 3 is 2.35 bits per heavy atom. The first kappa shape index (κ1) is 20.6. The van der Waals surface area contributed by atoms with Crippen LogP contribution in [0.5, 0.6) is 0 Å². The third-order valence-electron chi connectivity index (χ3n) is 4.71.